The molecule has 1 nitrogen and oxygen atoms in total. The van der Waals surface area contributed by atoms with Crippen LogP contribution < -0.4 is 5.32 Å². The van der Waals surface area contributed by atoms with Crippen molar-refractivity contribution in [2.45, 2.75) is 109 Å². The van der Waals surface area contributed by atoms with Gasteiger partial charge in [-0.15, -0.1) is 0 Å². The molecule has 0 aromatic carbocycles. The van der Waals surface area contributed by atoms with Crippen molar-refractivity contribution in [1.82, 2.24) is 5.32 Å². The third-order valence-corrected chi connectivity index (χ3v) is 6.82. The smallest absolute Gasteiger partial charge is 0.00700 e. The van der Waals surface area contributed by atoms with Crippen LogP contribution in [0.3, 0.4) is 0 Å². The molecule has 0 amide bonds. The minimum atomic E-state index is 0.760. The second kappa shape index (κ2) is 6.81. The summed E-state index contributed by atoms with van der Waals surface area (Å²) in [5.74, 6) is 0.958. The third kappa shape index (κ3) is 3.59. The van der Waals surface area contributed by atoms with Crippen molar-refractivity contribution in [3.8, 4) is 0 Å². The van der Waals surface area contributed by atoms with Crippen molar-refractivity contribution in [3.63, 3.8) is 0 Å². The van der Waals surface area contributed by atoms with Gasteiger partial charge in [-0.2, -0.15) is 0 Å². The predicted octanol–water partition coefficient (Wildman–Crippen LogP) is 5.44. The quantitative estimate of drug-likeness (QED) is 0.677. The molecular formula is C19H35N. The van der Waals surface area contributed by atoms with E-state index in [1.807, 2.05) is 0 Å². The monoisotopic (exact) mass is 277 g/mol. The van der Waals surface area contributed by atoms with Gasteiger partial charge in [-0.05, 0) is 69.6 Å². The van der Waals surface area contributed by atoms with Crippen LogP contribution in [0.15, 0.2) is 0 Å². The first-order valence-corrected chi connectivity index (χ1v) is 9.54. The van der Waals surface area contributed by atoms with Crippen LogP contribution in [0.25, 0.3) is 0 Å². The molecule has 3 fully saturated rings. The van der Waals surface area contributed by atoms with Crippen molar-refractivity contribution in [2.75, 3.05) is 0 Å². The molecule has 1 heteroatoms. The van der Waals surface area contributed by atoms with E-state index in [0.29, 0.717) is 0 Å². The van der Waals surface area contributed by atoms with Gasteiger partial charge in [0.2, 0.25) is 0 Å². The summed E-state index contributed by atoms with van der Waals surface area (Å²) in [5.41, 5.74) is 0.795. The number of rotatable bonds is 3. The molecule has 3 saturated carbocycles. The van der Waals surface area contributed by atoms with E-state index in [0.717, 1.165) is 23.4 Å². The molecule has 0 unspecified atom stereocenters. The van der Waals surface area contributed by atoms with Gasteiger partial charge in [0.15, 0.2) is 0 Å². The van der Waals surface area contributed by atoms with Crippen molar-refractivity contribution in [3.05, 3.63) is 0 Å². The van der Waals surface area contributed by atoms with Crippen LogP contribution in [0.2, 0.25) is 0 Å². The van der Waals surface area contributed by atoms with Crippen LogP contribution in [0, 0.1) is 11.3 Å². The second-order valence-corrected chi connectivity index (χ2v) is 8.19. The Labute approximate surface area is 126 Å². The van der Waals surface area contributed by atoms with Crippen LogP contribution in [0.1, 0.15) is 96.8 Å². The molecule has 1 N–H and O–H groups in total. The van der Waals surface area contributed by atoms with E-state index < -0.39 is 0 Å². The summed E-state index contributed by atoms with van der Waals surface area (Å²) >= 11 is 0. The minimum absolute atomic E-state index is 0.760. The fourth-order valence-electron chi connectivity index (χ4n) is 5.34. The number of nitrogens with one attached hydrogen (secondary N) is 1. The summed E-state index contributed by atoms with van der Waals surface area (Å²) in [6.07, 6.45) is 20.9. The van der Waals surface area contributed by atoms with Gasteiger partial charge in [0, 0.05) is 12.1 Å². The highest BCUT2D eigenvalue weighted by Gasteiger charge is 2.37. The largest absolute Gasteiger partial charge is 0.311 e. The van der Waals surface area contributed by atoms with Gasteiger partial charge in [-0.1, -0.05) is 38.5 Å². The molecule has 0 aromatic heterocycles. The maximum absolute atomic E-state index is 4.02. The van der Waals surface area contributed by atoms with Gasteiger partial charge < -0.3 is 5.32 Å². The standard InChI is InChI=1S/C19H35N/c1-16(17-8-4-2-3-5-9-17)20-18-10-14-19(15-11-18)12-6-7-13-19/h16-18,20H,2-15H2,1H3/t16-/m0/s1. The molecule has 1 spiro atoms. The SMILES string of the molecule is C[C@H](NC1CCC2(CCCC2)CC1)C1CCCCCC1. The Kier molecular flexibility index (Phi) is 5.07. The normalized spacial score (nSPS) is 30.4. The maximum Gasteiger partial charge on any atom is 0.00700 e. The van der Waals surface area contributed by atoms with Crippen LogP contribution in [0.4, 0.5) is 0 Å². The molecule has 116 valence electrons. The lowest BCUT2D eigenvalue weighted by atomic mass is 9.71. The Hall–Kier alpha value is -0.0400. The zero-order valence-corrected chi connectivity index (χ0v) is 13.6. The van der Waals surface area contributed by atoms with Gasteiger partial charge in [0.1, 0.15) is 0 Å². The molecule has 0 aromatic rings. The lowest BCUT2D eigenvalue weighted by Gasteiger charge is -2.39. The molecular weight excluding hydrogens is 242 g/mol. The van der Waals surface area contributed by atoms with E-state index in [1.54, 1.807) is 0 Å². The highest BCUT2D eigenvalue weighted by atomic mass is 15.0. The van der Waals surface area contributed by atoms with Gasteiger partial charge in [0.25, 0.3) is 0 Å². The summed E-state index contributed by atoms with van der Waals surface area (Å²) in [6.45, 7) is 2.47. The number of hydrogen-bond donors (Lipinski definition) is 1. The molecule has 3 aliphatic carbocycles. The lowest BCUT2D eigenvalue weighted by Crippen LogP contribution is -2.44. The first kappa shape index (κ1) is 14.9. The van der Waals surface area contributed by atoms with E-state index in [9.17, 15) is 0 Å². The van der Waals surface area contributed by atoms with Gasteiger partial charge in [-0.25, -0.2) is 0 Å². The topological polar surface area (TPSA) is 12.0 Å². The Morgan fingerprint density at radius 2 is 1.35 bits per heavy atom. The van der Waals surface area contributed by atoms with Crippen LogP contribution >= 0.6 is 0 Å². The number of hydrogen-bond acceptors (Lipinski definition) is 1. The van der Waals surface area contributed by atoms with Crippen LogP contribution in [0.5, 0.6) is 0 Å². The van der Waals surface area contributed by atoms with E-state index >= 15 is 0 Å². The van der Waals surface area contributed by atoms with Crippen molar-refractivity contribution < 1.29 is 0 Å². The van der Waals surface area contributed by atoms with Gasteiger partial charge in [-0.3, -0.25) is 0 Å². The fourth-order valence-corrected chi connectivity index (χ4v) is 5.34. The molecule has 0 radical (unpaired) electrons. The summed E-state index contributed by atoms with van der Waals surface area (Å²) < 4.78 is 0. The molecule has 0 aliphatic heterocycles. The molecule has 3 aliphatic rings. The first-order chi connectivity index (χ1) is 9.77. The Balaban J connectivity index is 1.44. The molecule has 20 heavy (non-hydrogen) atoms. The lowest BCUT2D eigenvalue weighted by molar-refractivity contribution is 0.155. The zero-order valence-electron chi connectivity index (χ0n) is 13.6. The summed E-state index contributed by atoms with van der Waals surface area (Å²) in [5, 5.41) is 4.02. The Morgan fingerprint density at radius 3 is 1.95 bits per heavy atom. The third-order valence-electron chi connectivity index (χ3n) is 6.82. The summed E-state index contributed by atoms with van der Waals surface area (Å²) in [4.78, 5) is 0. The average molecular weight is 277 g/mol. The molecule has 3 rings (SSSR count). The maximum atomic E-state index is 4.02. The van der Waals surface area contributed by atoms with Gasteiger partial charge in [0.05, 0.1) is 0 Å². The van der Waals surface area contributed by atoms with E-state index in [2.05, 4.69) is 12.2 Å². The van der Waals surface area contributed by atoms with E-state index in [4.69, 9.17) is 0 Å². The Bertz CT molecular complexity index is 274. The zero-order chi connectivity index (χ0) is 13.8. The average Bonchev–Trinajstić information content (AvgIpc) is 2.75. The van der Waals surface area contributed by atoms with Crippen molar-refractivity contribution in [2.24, 2.45) is 11.3 Å². The van der Waals surface area contributed by atoms with Crippen LogP contribution in [-0.2, 0) is 0 Å². The minimum Gasteiger partial charge on any atom is -0.311 e. The Morgan fingerprint density at radius 1 is 0.750 bits per heavy atom. The van der Waals surface area contributed by atoms with E-state index in [1.165, 1.54) is 89.9 Å². The molecule has 0 saturated heterocycles. The second-order valence-electron chi connectivity index (χ2n) is 8.19. The highest BCUT2D eigenvalue weighted by Crippen LogP contribution is 2.49. The molecule has 0 heterocycles. The highest BCUT2D eigenvalue weighted by molar-refractivity contribution is 4.92. The van der Waals surface area contributed by atoms with E-state index in [-0.39, 0.29) is 0 Å². The fraction of sp³-hybridized carbons (Fsp3) is 1.00. The first-order valence-electron chi connectivity index (χ1n) is 9.54. The molecule has 1 atom stereocenters. The molecule has 0 bridgehead atoms. The predicted molar refractivity (Wildman–Crippen MR) is 86.9 cm³/mol. The van der Waals surface area contributed by atoms with Crippen molar-refractivity contribution in [1.29, 1.82) is 0 Å². The van der Waals surface area contributed by atoms with Crippen molar-refractivity contribution >= 4 is 0 Å². The summed E-state index contributed by atoms with van der Waals surface area (Å²) in [7, 11) is 0. The van der Waals surface area contributed by atoms with Crippen LogP contribution in [-0.4, -0.2) is 12.1 Å². The summed E-state index contributed by atoms with van der Waals surface area (Å²) in [6, 6.07) is 1.59. The van der Waals surface area contributed by atoms with Gasteiger partial charge >= 0.3 is 0 Å².